The number of carbonyl (C=O) groups excluding carboxylic acids is 1. The van der Waals surface area contributed by atoms with Gasteiger partial charge in [-0.2, -0.15) is 0 Å². The van der Waals surface area contributed by atoms with Crippen LogP contribution in [0.1, 0.15) is 22.8 Å². The maximum atomic E-state index is 12.1. The zero-order valence-corrected chi connectivity index (χ0v) is 13.0. The average Bonchev–Trinajstić information content (AvgIpc) is 2.44. The van der Waals surface area contributed by atoms with Crippen LogP contribution in [0.5, 0.6) is 0 Å². The van der Waals surface area contributed by atoms with Crippen molar-refractivity contribution in [1.82, 2.24) is 4.98 Å². The highest BCUT2D eigenvalue weighted by Gasteiger charge is 2.07. The molecule has 0 aliphatic rings. The second-order valence-corrected chi connectivity index (χ2v) is 5.23. The Morgan fingerprint density at radius 3 is 2.70 bits per heavy atom. The summed E-state index contributed by atoms with van der Waals surface area (Å²) in [5.41, 5.74) is 2.38. The molecule has 1 amide bonds. The third kappa shape index (κ3) is 3.57. The molecule has 5 heteroatoms. The largest absolute Gasteiger partial charge is 0.370 e. The van der Waals surface area contributed by atoms with Gasteiger partial charge in [0.25, 0.3) is 5.91 Å². The number of hydrogen-bond donors (Lipinski definition) is 2. The van der Waals surface area contributed by atoms with E-state index in [1.54, 1.807) is 18.3 Å². The van der Waals surface area contributed by atoms with E-state index in [0.29, 0.717) is 5.56 Å². The van der Waals surface area contributed by atoms with Crippen LogP contribution in [0.15, 0.2) is 41.0 Å². The number of hydrogen-bond acceptors (Lipinski definition) is 3. The van der Waals surface area contributed by atoms with Crippen LogP contribution in [0.25, 0.3) is 0 Å². The molecule has 0 saturated heterocycles. The number of carbonyl (C=O) groups is 1. The summed E-state index contributed by atoms with van der Waals surface area (Å²) in [4.78, 5) is 16.3. The first-order chi connectivity index (χ1) is 9.60. The van der Waals surface area contributed by atoms with Crippen molar-refractivity contribution in [2.24, 2.45) is 0 Å². The zero-order valence-electron chi connectivity index (χ0n) is 11.4. The highest BCUT2D eigenvalue weighted by molar-refractivity contribution is 9.10. The van der Waals surface area contributed by atoms with Crippen LogP contribution in [-0.4, -0.2) is 17.4 Å². The summed E-state index contributed by atoms with van der Waals surface area (Å²) in [6.45, 7) is 4.78. The first-order valence-corrected chi connectivity index (χ1v) is 7.17. The lowest BCUT2D eigenvalue weighted by atomic mass is 10.2. The third-order valence-corrected chi connectivity index (χ3v) is 3.69. The summed E-state index contributed by atoms with van der Waals surface area (Å²) >= 11 is 3.43. The number of nitrogens with zero attached hydrogens (tertiary/aromatic N) is 1. The number of nitrogens with one attached hydrogen (secondary N) is 2. The SMILES string of the molecule is CCNc1ccc(C(=O)Nc2ccc(Br)c(C)c2)cn1. The molecule has 0 aliphatic heterocycles. The number of anilines is 2. The first kappa shape index (κ1) is 14.5. The standard InChI is InChI=1S/C15H16BrN3O/c1-3-17-14-7-4-11(9-18-14)15(20)19-12-5-6-13(16)10(2)8-12/h4-9H,3H2,1-2H3,(H,17,18)(H,19,20). The molecule has 0 fully saturated rings. The van der Waals surface area contributed by atoms with Crippen molar-refractivity contribution in [3.63, 3.8) is 0 Å². The third-order valence-electron chi connectivity index (χ3n) is 2.80. The molecule has 104 valence electrons. The van der Waals surface area contributed by atoms with Crippen LogP contribution in [0, 0.1) is 6.92 Å². The van der Waals surface area contributed by atoms with E-state index in [0.717, 1.165) is 28.1 Å². The van der Waals surface area contributed by atoms with Crippen molar-refractivity contribution < 1.29 is 4.79 Å². The van der Waals surface area contributed by atoms with Crippen molar-refractivity contribution in [2.45, 2.75) is 13.8 Å². The van der Waals surface area contributed by atoms with Gasteiger partial charge in [0.05, 0.1) is 5.56 Å². The minimum Gasteiger partial charge on any atom is -0.370 e. The predicted molar refractivity (Wildman–Crippen MR) is 85.2 cm³/mol. The van der Waals surface area contributed by atoms with Crippen LogP contribution in [0.2, 0.25) is 0 Å². The molecule has 0 saturated carbocycles. The summed E-state index contributed by atoms with van der Waals surface area (Å²) < 4.78 is 1.02. The monoisotopic (exact) mass is 333 g/mol. The fourth-order valence-corrected chi connectivity index (χ4v) is 1.99. The van der Waals surface area contributed by atoms with Gasteiger partial charge in [0, 0.05) is 22.9 Å². The smallest absolute Gasteiger partial charge is 0.257 e. The molecule has 0 atom stereocenters. The van der Waals surface area contributed by atoms with E-state index in [1.165, 1.54) is 0 Å². The molecular weight excluding hydrogens is 318 g/mol. The van der Waals surface area contributed by atoms with Gasteiger partial charge in [-0.1, -0.05) is 15.9 Å². The quantitative estimate of drug-likeness (QED) is 0.893. The Morgan fingerprint density at radius 1 is 1.30 bits per heavy atom. The van der Waals surface area contributed by atoms with Crippen molar-refractivity contribution in [2.75, 3.05) is 17.2 Å². The van der Waals surface area contributed by atoms with E-state index in [1.807, 2.05) is 32.0 Å². The molecule has 2 N–H and O–H groups in total. The Balaban J connectivity index is 2.09. The highest BCUT2D eigenvalue weighted by Crippen LogP contribution is 2.20. The van der Waals surface area contributed by atoms with E-state index >= 15 is 0 Å². The van der Waals surface area contributed by atoms with Gasteiger partial charge in [-0.3, -0.25) is 4.79 Å². The minimum atomic E-state index is -0.165. The molecule has 2 aromatic rings. The van der Waals surface area contributed by atoms with Gasteiger partial charge in [0.15, 0.2) is 0 Å². The number of pyridine rings is 1. The summed E-state index contributed by atoms with van der Waals surface area (Å²) in [6.07, 6.45) is 1.57. The first-order valence-electron chi connectivity index (χ1n) is 6.37. The molecule has 0 radical (unpaired) electrons. The van der Waals surface area contributed by atoms with Gasteiger partial charge < -0.3 is 10.6 Å². The van der Waals surface area contributed by atoms with E-state index in [9.17, 15) is 4.79 Å². The number of amides is 1. The van der Waals surface area contributed by atoms with Crippen molar-refractivity contribution >= 4 is 33.3 Å². The van der Waals surface area contributed by atoms with Gasteiger partial charge in [-0.25, -0.2) is 4.98 Å². The van der Waals surface area contributed by atoms with Crippen LogP contribution in [-0.2, 0) is 0 Å². The lowest BCUT2D eigenvalue weighted by Crippen LogP contribution is -2.12. The van der Waals surface area contributed by atoms with Gasteiger partial charge in [-0.05, 0) is 49.7 Å². The molecule has 1 heterocycles. The van der Waals surface area contributed by atoms with Crippen LogP contribution in [0.4, 0.5) is 11.5 Å². The topological polar surface area (TPSA) is 54.0 Å². The van der Waals surface area contributed by atoms with Crippen molar-refractivity contribution in [3.8, 4) is 0 Å². The van der Waals surface area contributed by atoms with Crippen molar-refractivity contribution in [3.05, 3.63) is 52.1 Å². The summed E-state index contributed by atoms with van der Waals surface area (Å²) in [7, 11) is 0. The normalized spacial score (nSPS) is 10.2. The molecule has 1 aromatic carbocycles. The van der Waals surface area contributed by atoms with Gasteiger partial charge in [0.1, 0.15) is 5.82 Å². The average molecular weight is 334 g/mol. The molecule has 0 spiro atoms. The number of halogens is 1. The second-order valence-electron chi connectivity index (χ2n) is 4.38. The molecule has 0 unspecified atom stereocenters. The van der Waals surface area contributed by atoms with Crippen LogP contribution in [0.3, 0.4) is 0 Å². The number of rotatable bonds is 4. The Morgan fingerprint density at radius 2 is 2.10 bits per heavy atom. The summed E-state index contributed by atoms with van der Waals surface area (Å²) in [5, 5.41) is 5.95. The highest BCUT2D eigenvalue weighted by atomic mass is 79.9. The van der Waals surface area contributed by atoms with E-state index < -0.39 is 0 Å². The second kappa shape index (κ2) is 6.52. The number of benzene rings is 1. The predicted octanol–water partition coefficient (Wildman–Crippen LogP) is 3.84. The Bertz CT molecular complexity index is 611. The van der Waals surface area contributed by atoms with E-state index in [2.05, 4.69) is 31.5 Å². The summed E-state index contributed by atoms with van der Waals surface area (Å²) in [6, 6.07) is 9.24. The Kier molecular flexibility index (Phi) is 4.74. The number of aryl methyl sites for hydroxylation is 1. The molecule has 0 bridgehead atoms. The molecule has 20 heavy (non-hydrogen) atoms. The summed E-state index contributed by atoms with van der Waals surface area (Å²) in [5.74, 6) is 0.603. The lowest BCUT2D eigenvalue weighted by molar-refractivity contribution is 0.102. The van der Waals surface area contributed by atoms with Gasteiger partial charge in [0.2, 0.25) is 0 Å². The maximum Gasteiger partial charge on any atom is 0.257 e. The number of aromatic nitrogens is 1. The van der Waals surface area contributed by atoms with Crippen molar-refractivity contribution in [1.29, 1.82) is 0 Å². The molecule has 2 rings (SSSR count). The fourth-order valence-electron chi connectivity index (χ4n) is 1.74. The Hall–Kier alpha value is -1.88. The molecule has 0 aliphatic carbocycles. The van der Waals surface area contributed by atoms with E-state index in [-0.39, 0.29) is 5.91 Å². The minimum absolute atomic E-state index is 0.165. The zero-order chi connectivity index (χ0) is 14.5. The van der Waals surface area contributed by atoms with Crippen LogP contribution >= 0.6 is 15.9 Å². The molecule has 4 nitrogen and oxygen atoms in total. The fraction of sp³-hybridized carbons (Fsp3) is 0.200. The molecular formula is C15H16BrN3O. The van der Waals surface area contributed by atoms with Gasteiger partial charge in [-0.15, -0.1) is 0 Å². The van der Waals surface area contributed by atoms with E-state index in [4.69, 9.17) is 0 Å². The Labute approximate surface area is 126 Å². The molecule has 1 aromatic heterocycles. The van der Waals surface area contributed by atoms with Crippen LogP contribution < -0.4 is 10.6 Å². The van der Waals surface area contributed by atoms with Gasteiger partial charge >= 0.3 is 0 Å². The maximum absolute atomic E-state index is 12.1. The lowest BCUT2D eigenvalue weighted by Gasteiger charge is -2.08.